The van der Waals surface area contributed by atoms with E-state index in [1.54, 1.807) is 4.90 Å². The highest BCUT2D eigenvalue weighted by Gasteiger charge is 2.17. The van der Waals surface area contributed by atoms with Gasteiger partial charge in [0.25, 0.3) is 5.91 Å². The molecule has 1 saturated heterocycles. The molecule has 3 rings (SSSR count). The Morgan fingerprint density at radius 3 is 2.72 bits per heavy atom. The first kappa shape index (κ1) is 17.7. The number of carbonyl (C=O) groups excluding carboxylic acids is 1. The highest BCUT2D eigenvalue weighted by molar-refractivity contribution is 5.94. The normalized spacial score (nSPS) is 17.7. The maximum absolute atomic E-state index is 12.7. The van der Waals surface area contributed by atoms with Gasteiger partial charge in [0, 0.05) is 43.5 Å². The second kappa shape index (κ2) is 7.83. The number of amides is 1. The van der Waals surface area contributed by atoms with Gasteiger partial charge in [0.1, 0.15) is 0 Å². The van der Waals surface area contributed by atoms with E-state index in [-0.39, 0.29) is 5.91 Å². The van der Waals surface area contributed by atoms with Crippen molar-refractivity contribution in [1.82, 2.24) is 20.0 Å². The third-order valence-corrected chi connectivity index (χ3v) is 4.88. The van der Waals surface area contributed by atoms with Crippen molar-refractivity contribution in [3.05, 3.63) is 53.3 Å². The molecule has 1 N–H and O–H groups in total. The van der Waals surface area contributed by atoms with E-state index in [0.717, 1.165) is 24.2 Å². The van der Waals surface area contributed by atoms with Crippen LogP contribution >= 0.6 is 0 Å². The zero-order valence-corrected chi connectivity index (χ0v) is 15.4. The smallest absolute Gasteiger partial charge is 0.253 e. The van der Waals surface area contributed by atoms with Crippen LogP contribution in [-0.4, -0.2) is 40.7 Å². The lowest BCUT2D eigenvalue weighted by Crippen LogP contribution is -2.28. The van der Waals surface area contributed by atoms with Crippen LogP contribution in [0.4, 0.5) is 0 Å². The zero-order chi connectivity index (χ0) is 17.8. The SMILES string of the molecule is CC(C)n1cc(CN(C)C(=O)c2ccc([C@H]3CCCNC3)cc2)cn1. The van der Waals surface area contributed by atoms with Gasteiger partial charge in [-0.05, 0) is 56.8 Å². The Kier molecular flexibility index (Phi) is 5.53. The van der Waals surface area contributed by atoms with E-state index in [4.69, 9.17) is 0 Å². The number of rotatable bonds is 5. The van der Waals surface area contributed by atoms with Crippen LogP contribution in [0.5, 0.6) is 0 Å². The summed E-state index contributed by atoms with van der Waals surface area (Å²) in [7, 11) is 1.84. The molecule has 1 fully saturated rings. The first-order chi connectivity index (χ1) is 12.0. The third kappa shape index (κ3) is 4.28. The predicted octanol–water partition coefficient (Wildman–Crippen LogP) is 3.20. The number of hydrogen-bond acceptors (Lipinski definition) is 3. The minimum absolute atomic E-state index is 0.0469. The molecule has 134 valence electrons. The van der Waals surface area contributed by atoms with Gasteiger partial charge in [0.2, 0.25) is 0 Å². The van der Waals surface area contributed by atoms with Crippen molar-refractivity contribution in [2.24, 2.45) is 0 Å². The summed E-state index contributed by atoms with van der Waals surface area (Å²) >= 11 is 0. The molecule has 1 atom stereocenters. The van der Waals surface area contributed by atoms with Crippen LogP contribution in [0.3, 0.4) is 0 Å². The van der Waals surface area contributed by atoms with Crippen molar-refractivity contribution in [2.75, 3.05) is 20.1 Å². The van der Waals surface area contributed by atoms with Gasteiger partial charge in [-0.2, -0.15) is 5.10 Å². The molecule has 1 aromatic heterocycles. The lowest BCUT2D eigenvalue weighted by atomic mass is 9.91. The number of aromatic nitrogens is 2. The molecule has 1 aromatic carbocycles. The second-order valence-corrected chi connectivity index (χ2v) is 7.25. The fraction of sp³-hybridized carbons (Fsp3) is 0.500. The van der Waals surface area contributed by atoms with Crippen LogP contribution in [0, 0.1) is 0 Å². The second-order valence-electron chi connectivity index (χ2n) is 7.25. The maximum Gasteiger partial charge on any atom is 0.253 e. The summed E-state index contributed by atoms with van der Waals surface area (Å²) < 4.78 is 1.92. The van der Waals surface area contributed by atoms with Gasteiger partial charge in [-0.3, -0.25) is 9.48 Å². The van der Waals surface area contributed by atoms with Gasteiger partial charge >= 0.3 is 0 Å². The molecule has 0 bridgehead atoms. The molecular weight excluding hydrogens is 312 g/mol. The lowest BCUT2D eigenvalue weighted by molar-refractivity contribution is 0.0785. The molecule has 5 nitrogen and oxygen atoms in total. The van der Waals surface area contributed by atoms with Crippen molar-refractivity contribution < 1.29 is 4.79 Å². The summed E-state index contributed by atoms with van der Waals surface area (Å²) in [5.41, 5.74) is 3.12. The fourth-order valence-corrected chi connectivity index (χ4v) is 3.34. The number of nitrogens with zero attached hydrogens (tertiary/aromatic N) is 3. The lowest BCUT2D eigenvalue weighted by Gasteiger charge is -2.23. The molecule has 1 aliphatic rings. The number of nitrogens with one attached hydrogen (secondary N) is 1. The molecule has 0 spiro atoms. The first-order valence-corrected chi connectivity index (χ1v) is 9.14. The van der Waals surface area contributed by atoms with Crippen LogP contribution < -0.4 is 5.32 Å². The Morgan fingerprint density at radius 2 is 2.12 bits per heavy atom. The maximum atomic E-state index is 12.7. The average Bonchev–Trinajstić information content (AvgIpc) is 3.11. The molecule has 2 aromatic rings. The monoisotopic (exact) mass is 340 g/mol. The highest BCUT2D eigenvalue weighted by atomic mass is 16.2. The molecule has 1 amide bonds. The Hall–Kier alpha value is -2.14. The van der Waals surface area contributed by atoms with Gasteiger partial charge in [0.05, 0.1) is 6.20 Å². The Morgan fingerprint density at radius 1 is 1.36 bits per heavy atom. The molecular formula is C20H28N4O. The quantitative estimate of drug-likeness (QED) is 0.909. The molecule has 0 saturated carbocycles. The molecule has 2 heterocycles. The van der Waals surface area contributed by atoms with Crippen LogP contribution in [-0.2, 0) is 6.54 Å². The van der Waals surface area contributed by atoms with Crippen molar-refractivity contribution in [2.45, 2.75) is 45.2 Å². The van der Waals surface area contributed by atoms with E-state index in [2.05, 4.69) is 36.4 Å². The van der Waals surface area contributed by atoms with Crippen LogP contribution in [0.2, 0.25) is 0 Å². The highest BCUT2D eigenvalue weighted by Crippen LogP contribution is 2.23. The van der Waals surface area contributed by atoms with Crippen molar-refractivity contribution >= 4 is 5.91 Å². The largest absolute Gasteiger partial charge is 0.337 e. The first-order valence-electron chi connectivity index (χ1n) is 9.14. The van der Waals surface area contributed by atoms with Crippen LogP contribution in [0.15, 0.2) is 36.7 Å². The Balaban J connectivity index is 1.62. The van der Waals surface area contributed by atoms with Crippen molar-refractivity contribution in [3.63, 3.8) is 0 Å². The average molecular weight is 340 g/mol. The zero-order valence-electron chi connectivity index (χ0n) is 15.4. The summed E-state index contributed by atoms with van der Waals surface area (Å²) in [6.45, 7) is 6.90. The predicted molar refractivity (Wildman–Crippen MR) is 99.7 cm³/mol. The van der Waals surface area contributed by atoms with Crippen LogP contribution in [0.25, 0.3) is 0 Å². The molecule has 0 aliphatic carbocycles. The minimum atomic E-state index is 0.0469. The minimum Gasteiger partial charge on any atom is -0.337 e. The summed E-state index contributed by atoms with van der Waals surface area (Å²) in [4.78, 5) is 14.4. The van der Waals surface area contributed by atoms with E-state index in [1.807, 2.05) is 36.3 Å². The number of benzene rings is 1. The number of piperidine rings is 1. The van der Waals surface area contributed by atoms with Crippen LogP contribution in [0.1, 0.15) is 60.1 Å². The van der Waals surface area contributed by atoms with E-state index in [0.29, 0.717) is 18.5 Å². The third-order valence-electron chi connectivity index (χ3n) is 4.88. The summed E-state index contributed by atoms with van der Waals surface area (Å²) in [6, 6.07) is 8.46. The molecule has 1 aliphatic heterocycles. The number of carbonyl (C=O) groups is 1. The van der Waals surface area contributed by atoms with Gasteiger partial charge in [-0.25, -0.2) is 0 Å². The van der Waals surface area contributed by atoms with Gasteiger partial charge in [-0.1, -0.05) is 12.1 Å². The standard InChI is InChI=1S/C20H28N4O/c1-15(2)24-14-16(11-22-24)13-23(3)20(25)18-8-6-17(7-9-18)19-5-4-10-21-12-19/h6-9,11,14-15,19,21H,4-5,10,12-13H2,1-3H3/t19-/m0/s1. The van der Waals surface area contributed by atoms with E-state index >= 15 is 0 Å². The topological polar surface area (TPSA) is 50.2 Å². The number of hydrogen-bond donors (Lipinski definition) is 1. The van der Waals surface area contributed by atoms with Gasteiger partial charge in [-0.15, -0.1) is 0 Å². The fourth-order valence-electron chi connectivity index (χ4n) is 3.34. The summed E-state index contributed by atoms with van der Waals surface area (Å²) in [5.74, 6) is 0.614. The summed E-state index contributed by atoms with van der Waals surface area (Å²) in [5, 5.41) is 7.78. The summed E-state index contributed by atoms with van der Waals surface area (Å²) in [6.07, 6.45) is 6.29. The van der Waals surface area contributed by atoms with E-state index in [9.17, 15) is 4.79 Å². The van der Waals surface area contributed by atoms with E-state index in [1.165, 1.54) is 18.4 Å². The molecule has 0 unspecified atom stereocenters. The van der Waals surface area contributed by atoms with Crippen molar-refractivity contribution in [1.29, 1.82) is 0 Å². The van der Waals surface area contributed by atoms with Crippen molar-refractivity contribution in [3.8, 4) is 0 Å². The molecule has 5 heteroatoms. The molecule has 0 radical (unpaired) electrons. The van der Waals surface area contributed by atoms with Gasteiger partial charge < -0.3 is 10.2 Å². The van der Waals surface area contributed by atoms with Gasteiger partial charge in [0.15, 0.2) is 0 Å². The molecule has 25 heavy (non-hydrogen) atoms. The Labute approximate surface area is 150 Å². The Bertz CT molecular complexity index is 699. The van der Waals surface area contributed by atoms with E-state index < -0.39 is 0 Å².